The maximum atomic E-state index is 12.4. The van der Waals surface area contributed by atoms with E-state index in [1.54, 1.807) is 17.0 Å². The zero-order valence-corrected chi connectivity index (χ0v) is 18.1. The van der Waals surface area contributed by atoms with Gasteiger partial charge in [-0.1, -0.05) is 11.6 Å². The summed E-state index contributed by atoms with van der Waals surface area (Å²) in [6.45, 7) is 3.40. The molecule has 0 saturated carbocycles. The average Bonchev–Trinajstić information content (AvgIpc) is 3.15. The van der Waals surface area contributed by atoms with E-state index in [0.29, 0.717) is 36.7 Å². The van der Waals surface area contributed by atoms with Gasteiger partial charge in [-0.2, -0.15) is 13.2 Å². The summed E-state index contributed by atoms with van der Waals surface area (Å²) in [7, 11) is 0. The number of nitrogens with two attached hydrogens (primary N) is 1. The molecular weight excluding hydrogens is 457 g/mol. The second kappa shape index (κ2) is 10.7. The van der Waals surface area contributed by atoms with Crippen LogP contribution in [-0.4, -0.2) is 70.2 Å². The third-order valence-corrected chi connectivity index (χ3v) is 5.98. The predicted octanol–water partition coefficient (Wildman–Crippen LogP) is 2.38. The van der Waals surface area contributed by atoms with Crippen LogP contribution in [0.3, 0.4) is 0 Å². The van der Waals surface area contributed by atoms with Gasteiger partial charge < -0.3 is 30.7 Å². The van der Waals surface area contributed by atoms with Crippen molar-refractivity contribution in [3.05, 3.63) is 28.3 Å². The molecule has 1 aromatic carbocycles. The Bertz CT molecular complexity index is 830. The van der Waals surface area contributed by atoms with Gasteiger partial charge in [-0.05, 0) is 49.8 Å². The van der Waals surface area contributed by atoms with Crippen molar-refractivity contribution in [3.8, 4) is 5.75 Å². The van der Waals surface area contributed by atoms with E-state index < -0.39 is 24.4 Å². The maximum Gasteiger partial charge on any atom is 0.490 e. The number of nitrogens with zero attached hydrogens (tertiary/aromatic N) is 1. The molecule has 0 unspecified atom stereocenters. The van der Waals surface area contributed by atoms with Gasteiger partial charge in [0, 0.05) is 29.7 Å². The van der Waals surface area contributed by atoms with Crippen molar-refractivity contribution >= 4 is 23.5 Å². The quantitative estimate of drug-likeness (QED) is 0.519. The van der Waals surface area contributed by atoms with Crippen molar-refractivity contribution in [2.75, 3.05) is 19.7 Å². The summed E-state index contributed by atoms with van der Waals surface area (Å²) >= 11 is 6.16. The first kappa shape index (κ1) is 26.2. The van der Waals surface area contributed by atoms with Gasteiger partial charge in [-0.25, -0.2) is 4.79 Å². The minimum absolute atomic E-state index is 0.141. The minimum Gasteiger partial charge on any atom is -0.508 e. The van der Waals surface area contributed by atoms with Crippen LogP contribution >= 0.6 is 11.6 Å². The molecule has 2 heterocycles. The molecule has 2 fully saturated rings. The Morgan fingerprint density at radius 3 is 2.28 bits per heavy atom. The molecule has 2 aliphatic heterocycles. The van der Waals surface area contributed by atoms with Crippen LogP contribution < -0.4 is 5.73 Å². The lowest BCUT2D eigenvalue weighted by atomic mass is 9.85. The maximum absolute atomic E-state index is 12.4. The Hall–Kier alpha value is -2.08. The van der Waals surface area contributed by atoms with Gasteiger partial charge in [-0.15, -0.1) is 0 Å². The molecule has 12 heteroatoms. The third kappa shape index (κ3) is 6.47. The number of aliphatic carboxylic acids is 1. The van der Waals surface area contributed by atoms with Gasteiger partial charge in [0.1, 0.15) is 5.75 Å². The Morgan fingerprint density at radius 1 is 1.25 bits per heavy atom. The summed E-state index contributed by atoms with van der Waals surface area (Å²) in [4.78, 5) is 23.1. The zero-order valence-electron chi connectivity index (χ0n) is 17.3. The number of halogens is 4. The van der Waals surface area contributed by atoms with Gasteiger partial charge in [0.05, 0.1) is 12.7 Å². The smallest absolute Gasteiger partial charge is 0.490 e. The van der Waals surface area contributed by atoms with Crippen LogP contribution in [0.15, 0.2) is 12.1 Å². The van der Waals surface area contributed by atoms with Gasteiger partial charge in [0.2, 0.25) is 0 Å². The van der Waals surface area contributed by atoms with Crippen molar-refractivity contribution in [2.24, 2.45) is 11.7 Å². The first-order valence-corrected chi connectivity index (χ1v) is 10.3. The molecule has 3 atom stereocenters. The first-order chi connectivity index (χ1) is 14.8. The van der Waals surface area contributed by atoms with E-state index in [4.69, 9.17) is 32.0 Å². The number of carbonyl (C=O) groups is 2. The number of rotatable bonds is 3. The van der Waals surface area contributed by atoms with Crippen LogP contribution in [0.25, 0.3) is 0 Å². The topological polar surface area (TPSA) is 133 Å². The van der Waals surface area contributed by atoms with E-state index in [9.17, 15) is 28.2 Å². The number of alkyl halides is 3. The molecule has 5 N–H and O–H groups in total. The second-order valence-electron chi connectivity index (χ2n) is 7.80. The average molecular weight is 483 g/mol. The number of aliphatic hydroxyl groups excluding tert-OH is 1. The van der Waals surface area contributed by atoms with Crippen LogP contribution in [0.5, 0.6) is 5.75 Å². The van der Waals surface area contributed by atoms with E-state index in [-0.39, 0.29) is 23.6 Å². The fourth-order valence-electron chi connectivity index (χ4n) is 3.68. The molecule has 0 bridgehead atoms. The van der Waals surface area contributed by atoms with Crippen LogP contribution in [0.1, 0.15) is 36.4 Å². The van der Waals surface area contributed by atoms with Crippen molar-refractivity contribution < 1.29 is 42.8 Å². The van der Waals surface area contributed by atoms with Crippen molar-refractivity contribution in [2.45, 2.75) is 50.6 Å². The molecule has 2 saturated heterocycles. The van der Waals surface area contributed by atoms with Crippen LogP contribution in [0.4, 0.5) is 13.2 Å². The van der Waals surface area contributed by atoms with Gasteiger partial charge in [0.15, 0.2) is 6.10 Å². The number of amides is 1. The summed E-state index contributed by atoms with van der Waals surface area (Å²) < 4.78 is 37.1. The summed E-state index contributed by atoms with van der Waals surface area (Å²) in [5, 5.41) is 27.7. The van der Waals surface area contributed by atoms with Crippen LogP contribution in [0.2, 0.25) is 5.02 Å². The van der Waals surface area contributed by atoms with Crippen molar-refractivity contribution in [1.29, 1.82) is 0 Å². The lowest BCUT2D eigenvalue weighted by molar-refractivity contribution is -0.192. The highest BCUT2D eigenvalue weighted by atomic mass is 35.5. The number of piperidine rings is 1. The largest absolute Gasteiger partial charge is 0.508 e. The second-order valence-corrected chi connectivity index (χ2v) is 8.21. The summed E-state index contributed by atoms with van der Waals surface area (Å²) in [5.74, 6) is -2.58. The Kier molecular flexibility index (Phi) is 8.74. The monoisotopic (exact) mass is 482 g/mol. The predicted molar refractivity (Wildman–Crippen MR) is 108 cm³/mol. The standard InChI is InChI=1S/C18H25ClN2O4.C2HF3O2/c1-10-8-15(23)12(9-13(10)19)16(20)11-2-5-21(6-3-11)18(24)17-14(22)4-7-25-17;3-2(4,5)1(6)7/h8-9,11,14,16-17,22-23H,2-7,20H2,1H3;(H,6,7)/t14-,16+,17+;/m0./s1. The van der Waals surface area contributed by atoms with Crippen LogP contribution in [-0.2, 0) is 14.3 Å². The Balaban J connectivity index is 0.000000451. The normalized spacial score (nSPS) is 22.8. The number of phenols is 1. The molecule has 32 heavy (non-hydrogen) atoms. The summed E-state index contributed by atoms with van der Waals surface area (Å²) in [5.41, 5.74) is 7.83. The first-order valence-electron chi connectivity index (χ1n) is 9.96. The fraction of sp³-hybridized carbons (Fsp3) is 0.600. The highest BCUT2D eigenvalue weighted by Gasteiger charge is 2.39. The van der Waals surface area contributed by atoms with E-state index in [1.165, 1.54) is 0 Å². The van der Waals surface area contributed by atoms with Crippen LogP contribution in [0, 0.1) is 12.8 Å². The summed E-state index contributed by atoms with van der Waals surface area (Å²) in [6, 6.07) is 3.04. The molecule has 1 aromatic rings. The number of hydrogen-bond acceptors (Lipinski definition) is 6. The number of aryl methyl sites for hydroxylation is 1. The number of aromatic hydroxyl groups is 1. The number of likely N-dealkylation sites (tertiary alicyclic amines) is 1. The van der Waals surface area contributed by atoms with E-state index >= 15 is 0 Å². The molecule has 2 aliphatic rings. The molecule has 0 spiro atoms. The van der Waals surface area contributed by atoms with Crippen molar-refractivity contribution in [1.82, 2.24) is 4.90 Å². The number of ether oxygens (including phenoxy) is 1. The highest BCUT2D eigenvalue weighted by Crippen LogP contribution is 2.36. The van der Waals surface area contributed by atoms with Gasteiger partial charge in [-0.3, -0.25) is 4.79 Å². The number of phenolic OH excluding ortho intramolecular Hbond substituents is 1. The molecule has 0 aliphatic carbocycles. The molecular formula is C20H26ClF3N2O6. The highest BCUT2D eigenvalue weighted by molar-refractivity contribution is 6.31. The molecule has 0 aromatic heterocycles. The fourth-order valence-corrected chi connectivity index (χ4v) is 3.85. The van der Waals surface area contributed by atoms with E-state index in [0.717, 1.165) is 18.4 Å². The number of hydrogen-bond donors (Lipinski definition) is 4. The molecule has 180 valence electrons. The summed E-state index contributed by atoms with van der Waals surface area (Å²) in [6.07, 6.45) is -4.55. The molecule has 8 nitrogen and oxygen atoms in total. The number of carboxylic acids is 1. The number of aliphatic hydroxyl groups is 1. The lowest BCUT2D eigenvalue weighted by Gasteiger charge is -2.36. The number of carboxylic acid groups (broad SMARTS) is 1. The lowest BCUT2D eigenvalue weighted by Crippen LogP contribution is -2.47. The minimum atomic E-state index is -5.08. The number of carbonyl (C=O) groups excluding carboxylic acids is 1. The molecule has 0 radical (unpaired) electrons. The Labute approximate surface area is 187 Å². The van der Waals surface area contributed by atoms with E-state index in [2.05, 4.69) is 0 Å². The Morgan fingerprint density at radius 2 is 1.81 bits per heavy atom. The van der Waals surface area contributed by atoms with Gasteiger partial charge in [0.25, 0.3) is 5.91 Å². The molecule has 3 rings (SSSR count). The number of benzene rings is 1. The van der Waals surface area contributed by atoms with Gasteiger partial charge >= 0.3 is 12.1 Å². The van der Waals surface area contributed by atoms with Crippen molar-refractivity contribution in [3.63, 3.8) is 0 Å². The molecule has 1 amide bonds. The van der Waals surface area contributed by atoms with E-state index in [1.807, 2.05) is 6.92 Å². The zero-order chi connectivity index (χ0) is 24.2. The SMILES string of the molecule is Cc1cc(O)c([C@H](N)C2CCN(C(=O)[C@@H]3OCC[C@@H]3O)CC2)cc1Cl.O=C(O)C(F)(F)F. The third-order valence-electron chi connectivity index (χ3n) is 5.57.